The number of hydrogen-bond acceptors (Lipinski definition) is 3. The van der Waals surface area contributed by atoms with Crippen LogP contribution >= 0.6 is 27.5 Å². The zero-order valence-electron chi connectivity index (χ0n) is 9.04. The number of aliphatic hydroxyl groups is 1. The highest BCUT2D eigenvalue weighted by atomic mass is 79.9. The van der Waals surface area contributed by atoms with Crippen molar-refractivity contribution in [2.24, 2.45) is 0 Å². The Kier molecular flexibility index (Phi) is 6.13. The minimum absolute atomic E-state index is 0.337. The average Bonchev–Trinajstić information content (AvgIpc) is 2.20. The van der Waals surface area contributed by atoms with Crippen LogP contribution in [0, 0.1) is 0 Å². The maximum Gasteiger partial charge on any atom is 0.138 e. The van der Waals surface area contributed by atoms with E-state index in [4.69, 9.17) is 21.4 Å². The van der Waals surface area contributed by atoms with Gasteiger partial charge >= 0.3 is 0 Å². The van der Waals surface area contributed by atoms with Crippen LogP contribution in [0.15, 0.2) is 22.7 Å². The Hall–Kier alpha value is -0.290. The third-order valence-corrected chi connectivity index (χ3v) is 2.66. The molecule has 0 saturated heterocycles. The van der Waals surface area contributed by atoms with Crippen LogP contribution in [0.25, 0.3) is 0 Å². The van der Waals surface area contributed by atoms with Crippen LogP contribution in [-0.2, 0) is 0 Å². The van der Waals surface area contributed by atoms with Gasteiger partial charge in [0.15, 0.2) is 0 Å². The fourth-order valence-electron chi connectivity index (χ4n) is 1.14. The van der Waals surface area contributed by atoms with Crippen LogP contribution in [0.2, 0.25) is 5.02 Å². The topological polar surface area (TPSA) is 41.5 Å². The van der Waals surface area contributed by atoms with Gasteiger partial charge in [0.25, 0.3) is 0 Å². The predicted molar refractivity (Wildman–Crippen MR) is 69.2 cm³/mol. The van der Waals surface area contributed by atoms with Gasteiger partial charge in [-0.05, 0) is 25.1 Å². The number of ether oxygens (including phenoxy) is 1. The molecule has 1 rings (SSSR count). The van der Waals surface area contributed by atoms with E-state index in [-0.39, 0.29) is 6.10 Å². The lowest BCUT2D eigenvalue weighted by atomic mass is 10.3. The summed E-state index contributed by atoms with van der Waals surface area (Å²) in [6, 6.07) is 5.49. The van der Waals surface area contributed by atoms with Crippen molar-refractivity contribution in [3.63, 3.8) is 0 Å². The first-order valence-corrected chi connectivity index (χ1v) is 6.23. The third-order valence-electron chi connectivity index (χ3n) is 1.87. The monoisotopic (exact) mass is 307 g/mol. The summed E-state index contributed by atoms with van der Waals surface area (Å²) < 4.78 is 6.40. The summed E-state index contributed by atoms with van der Waals surface area (Å²) in [4.78, 5) is 0. The van der Waals surface area contributed by atoms with E-state index >= 15 is 0 Å². The molecule has 0 aliphatic rings. The Morgan fingerprint density at radius 2 is 2.31 bits per heavy atom. The summed E-state index contributed by atoms with van der Waals surface area (Å²) >= 11 is 9.30. The standard InChI is InChI=1S/C11H15BrClNO2/c1-8(15)7-14-4-5-16-11-3-2-9(12)6-10(11)13/h2-3,6,8,14-15H,4-5,7H2,1H3. The van der Waals surface area contributed by atoms with E-state index < -0.39 is 0 Å². The molecule has 5 heteroatoms. The molecule has 0 spiro atoms. The first-order valence-electron chi connectivity index (χ1n) is 5.06. The highest BCUT2D eigenvalue weighted by Gasteiger charge is 2.01. The van der Waals surface area contributed by atoms with E-state index in [0.717, 1.165) is 4.47 Å². The first-order chi connectivity index (χ1) is 7.59. The number of hydrogen-bond donors (Lipinski definition) is 2. The third kappa shape index (κ3) is 5.16. The SMILES string of the molecule is CC(O)CNCCOc1ccc(Br)cc1Cl. The second-order valence-electron chi connectivity index (χ2n) is 3.48. The average molecular weight is 309 g/mol. The van der Waals surface area contributed by atoms with Crippen molar-refractivity contribution >= 4 is 27.5 Å². The fourth-order valence-corrected chi connectivity index (χ4v) is 1.86. The number of halogens is 2. The molecule has 0 aliphatic heterocycles. The van der Waals surface area contributed by atoms with Gasteiger partial charge in [-0.1, -0.05) is 27.5 Å². The van der Waals surface area contributed by atoms with Gasteiger partial charge in [-0.25, -0.2) is 0 Å². The van der Waals surface area contributed by atoms with Crippen molar-refractivity contribution in [2.75, 3.05) is 19.7 Å². The van der Waals surface area contributed by atoms with E-state index in [9.17, 15) is 0 Å². The van der Waals surface area contributed by atoms with Gasteiger partial charge in [0.05, 0.1) is 11.1 Å². The van der Waals surface area contributed by atoms with E-state index in [1.165, 1.54) is 0 Å². The summed E-state index contributed by atoms with van der Waals surface area (Å²) in [7, 11) is 0. The molecular formula is C11H15BrClNO2. The Labute approximate surface area is 109 Å². The maximum atomic E-state index is 9.01. The molecule has 90 valence electrons. The summed E-state index contributed by atoms with van der Waals surface area (Å²) in [5.41, 5.74) is 0. The molecule has 16 heavy (non-hydrogen) atoms. The Balaban J connectivity index is 2.27. The highest BCUT2D eigenvalue weighted by molar-refractivity contribution is 9.10. The molecule has 1 aromatic carbocycles. The summed E-state index contributed by atoms with van der Waals surface area (Å²) in [6.45, 7) is 3.50. The van der Waals surface area contributed by atoms with Crippen molar-refractivity contribution in [1.29, 1.82) is 0 Å². The maximum absolute atomic E-state index is 9.01. The molecule has 0 aromatic heterocycles. The van der Waals surface area contributed by atoms with Crippen molar-refractivity contribution < 1.29 is 9.84 Å². The van der Waals surface area contributed by atoms with Crippen LogP contribution in [0.4, 0.5) is 0 Å². The number of nitrogens with one attached hydrogen (secondary N) is 1. The molecule has 3 nitrogen and oxygen atoms in total. The van der Waals surface area contributed by atoms with E-state index in [1.807, 2.05) is 12.1 Å². The van der Waals surface area contributed by atoms with E-state index in [2.05, 4.69) is 21.2 Å². The zero-order valence-corrected chi connectivity index (χ0v) is 11.4. The lowest BCUT2D eigenvalue weighted by Gasteiger charge is -2.10. The molecule has 1 atom stereocenters. The van der Waals surface area contributed by atoms with Crippen molar-refractivity contribution in [2.45, 2.75) is 13.0 Å². The van der Waals surface area contributed by atoms with Gasteiger partial charge in [-0.15, -0.1) is 0 Å². The lowest BCUT2D eigenvalue weighted by Crippen LogP contribution is -2.28. The van der Waals surface area contributed by atoms with Gasteiger partial charge in [-0.3, -0.25) is 0 Å². The number of aliphatic hydroxyl groups excluding tert-OH is 1. The molecule has 0 aliphatic carbocycles. The first kappa shape index (κ1) is 13.8. The second kappa shape index (κ2) is 7.12. The summed E-state index contributed by atoms with van der Waals surface area (Å²) in [5.74, 6) is 0.670. The fraction of sp³-hybridized carbons (Fsp3) is 0.455. The lowest BCUT2D eigenvalue weighted by molar-refractivity contribution is 0.188. The summed E-state index contributed by atoms with van der Waals surface area (Å²) in [5, 5.41) is 12.7. The molecule has 0 fully saturated rings. The molecule has 2 N–H and O–H groups in total. The zero-order chi connectivity index (χ0) is 12.0. The smallest absolute Gasteiger partial charge is 0.138 e. The molecule has 0 amide bonds. The minimum Gasteiger partial charge on any atom is -0.491 e. The predicted octanol–water partition coefficient (Wildman–Crippen LogP) is 2.45. The molecule has 0 heterocycles. The van der Waals surface area contributed by atoms with Crippen LogP contribution < -0.4 is 10.1 Å². The van der Waals surface area contributed by atoms with Gasteiger partial charge in [-0.2, -0.15) is 0 Å². The molecule has 1 aromatic rings. The Bertz CT molecular complexity index is 334. The largest absolute Gasteiger partial charge is 0.491 e. The number of rotatable bonds is 6. The van der Waals surface area contributed by atoms with Crippen LogP contribution in [0.1, 0.15) is 6.92 Å². The molecule has 0 radical (unpaired) electrons. The highest BCUT2D eigenvalue weighted by Crippen LogP contribution is 2.27. The summed E-state index contributed by atoms with van der Waals surface area (Å²) in [6.07, 6.45) is -0.337. The van der Waals surface area contributed by atoms with Crippen LogP contribution in [-0.4, -0.2) is 30.9 Å². The normalized spacial score (nSPS) is 12.5. The van der Waals surface area contributed by atoms with E-state index in [1.54, 1.807) is 13.0 Å². The number of benzene rings is 1. The Morgan fingerprint density at radius 3 is 2.94 bits per heavy atom. The molecule has 0 saturated carbocycles. The van der Waals surface area contributed by atoms with Crippen molar-refractivity contribution in [3.8, 4) is 5.75 Å². The van der Waals surface area contributed by atoms with Crippen LogP contribution in [0.5, 0.6) is 5.75 Å². The Morgan fingerprint density at radius 1 is 1.56 bits per heavy atom. The molecule has 1 unspecified atom stereocenters. The molecular weight excluding hydrogens is 293 g/mol. The second-order valence-corrected chi connectivity index (χ2v) is 4.80. The van der Waals surface area contributed by atoms with Gasteiger partial charge < -0.3 is 15.2 Å². The van der Waals surface area contributed by atoms with Crippen molar-refractivity contribution in [3.05, 3.63) is 27.7 Å². The van der Waals surface area contributed by atoms with Gasteiger partial charge in [0, 0.05) is 17.6 Å². The van der Waals surface area contributed by atoms with E-state index in [0.29, 0.717) is 30.5 Å². The van der Waals surface area contributed by atoms with Crippen molar-refractivity contribution in [1.82, 2.24) is 5.32 Å². The van der Waals surface area contributed by atoms with Crippen LogP contribution in [0.3, 0.4) is 0 Å². The molecule has 0 bridgehead atoms. The quantitative estimate of drug-likeness (QED) is 0.793. The van der Waals surface area contributed by atoms with Gasteiger partial charge in [0.1, 0.15) is 12.4 Å². The minimum atomic E-state index is -0.337. The van der Waals surface area contributed by atoms with Gasteiger partial charge in [0.2, 0.25) is 0 Å².